The summed E-state index contributed by atoms with van der Waals surface area (Å²) in [6.07, 6.45) is 1.81. The van der Waals surface area contributed by atoms with E-state index in [-0.39, 0.29) is 16.2 Å². The van der Waals surface area contributed by atoms with Crippen molar-refractivity contribution in [3.05, 3.63) is 47.5 Å². The predicted octanol–water partition coefficient (Wildman–Crippen LogP) is 3.17. The highest BCUT2D eigenvalue weighted by molar-refractivity contribution is 7.91. The normalized spacial score (nSPS) is 13.9. The first-order valence-electron chi connectivity index (χ1n) is 7.78. The number of fused-ring (bicyclic) bond motifs is 1. The first-order chi connectivity index (χ1) is 11.4. The summed E-state index contributed by atoms with van der Waals surface area (Å²) >= 11 is 0. The molecule has 0 atom stereocenters. The fraction of sp³-hybridized carbons (Fsp3) is 0.278. The van der Waals surface area contributed by atoms with Gasteiger partial charge in [0.15, 0.2) is 9.84 Å². The molecule has 5 nitrogen and oxygen atoms in total. The summed E-state index contributed by atoms with van der Waals surface area (Å²) in [4.78, 5) is 11.7. The second-order valence-corrected chi connectivity index (χ2v) is 7.97. The van der Waals surface area contributed by atoms with Crippen LogP contribution in [0.4, 0.5) is 0 Å². The Kier molecular flexibility index (Phi) is 4.32. The Labute approximate surface area is 140 Å². The summed E-state index contributed by atoms with van der Waals surface area (Å²) in [5.41, 5.74) is 2.28. The van der Waals surface area contributed by atoms with Crippen LogP contribution in [0.2, 0.25) is 0 Å². The van der Waals surface area contributed by atoms with Gasteiger partial charge in [0.05, 0.1) is 22.8 Å². The van der Waals surface area contributed by atoms with Crippen LogP contribution in [0, 0.1) is 0 Å². The molecule has 1 heterocycles. The Bertz CT molecular complexity index is 900. The Morgan fingerprint density at radius 2 is 2.00 bits per heavy atom. The Morgan fingerprint density at radius 3 is 2.71 bits per heavy atom. The first-order valence-corrected chi connectivity index (χ1v) is 9.44. The Balaban J connectivity index is 2.12. The number of carboxylic acids is 1. The quantitative estimate of drug-likeness (QED) is 0.920. The highest BCUT2D eigenvalue weighted by Gasteiger charge is 2.19. The molecule has 0 radical (unpaired) electrons. The molecule has 0 bridgehead atoms. The van der Waals surface area contributed by atoms with Gasteiger partial charge in [-0.2, -0.15) is 0 Å². The number of rotatable bonds is 4. The van der Waals surface area contributed by atoms with E-state index in [1.165, 1.54) is 19.1 Å². The highest BCUT2D eigenvalue weighted by atomic mass is 32.2. The minimum Gasteiger partial charge on any atom is -0.493 e. The number of aryl methyl sites for hydroxylation is 1. The van der Waals surface area contributed by atoms with E-state index < -0.39 is 15.8 Å². The lowest BCUT2D eigenvalue weighted by atomic mass is 9.96. The van der Waals surface area contributed by atoms with Gasteiger partial charge in [-0.1, -0.05) is 19.1 Å². The van der Waals surface area contributed by atoms with E-state index in [4.69, 9.17) is 4.74 Å². The summed E-state index contributed by atoms with van der Waals surface area (Å²) in [6, 6.07) is 9.84. The van der Waals surface area contributed by atoms with Crippen LogP contribution < -0.4 is 4.74 Å². The molecule has 6 heteroatoms. The molecule has 0 saturated heterocycles. The molecular formula is C18H18O5S. The zero-order chi connectivity index (χ0) is 17.3. The van der Waals surface area contributed by atoms with Crippen molar-refractivity contribution >= 4 is 15.8 Å². The van der Waals surface area contributed by atoms with Gasteiger partial charge in [-0.3, -0.25) is 0 Å². The van der Waals surface area contributed by atoms with E-state index >= 15 is 0 Å². The molecule has 0 saturated carbocycles. The molecule has 0 fully saturated rings. The number of hydrogen-bond acceptors (Lipinski definition) is 4. The maximum absolute atomic E-state index is 12.0. The summed E-state index contributed by atoms with van der Waals surface area (Å²) in [5.74, 6) is -0.388. The van der Waals surface area contributed by atoms with Gasteiger partial charge in [-0.25, -0.2) is 13.2 Å². The molecule has 1 N–H and O–H groups in total. The molecular weight excluding hydrogens is 328 g/mol. The van der Waals surface area contributed by atoms with Crippen molar-refractivity contribution < 1.29 is 23.1 Å². The van der Waals surface area contributed by atoms with Crippen LogP contribution in [0.25, 0.3) is 11.1 Å². The van der Waals surface area contributed by atoms with Gasteiger partial charge >= 0.3 is 5.97 Å². The average molecular weight is 346 g/mol. The summed E-state index contributed by atoms with van der Waals surface area (Å²) < 4.78 is 29.6. The van der Waals surface area contributed by atoms with Gasteiger partial charge < -0.3 is 9.84 Å². The zero-order valence-corrected chi connectivity index (χ0v) is 14.1. The Hall–Kier alpha value is -2.34. The third kappa shape index (κ3) is 3.01. The van der Waals surface area contributed by atoms with Gasteiger partial charge in [-0.15, -0.1) is 0 Å². The average Bonchev–Trinajstić information content (AvgIpc) is 2.60. The topological polar surface area (TPSA) is 80.7 Å². The van der Waals surface area contributed by atoms with E-state index in [1.54, 1.807) is 12.1 Å². The molecule has 0 spiro atoms. The number of benzene rings is 2. The minimum atomic E-state index is -3.45. The third-order valence-electron chi connectivity index (χ3n) is 4.18. The smallest absolute Gasteiger partial charge is 0.336 e. The fourth-order valence-electron chi connectivity index (χ4n) is 2.84. The molecule has 0 aromatic heterocycles. The Morgan fingerprint density at radius 1 is 1.21 bits per heavy atom. The number of hydrogen-bond donors (Lipinski definition) is 1. The van der Waals surface area contributed by atoms with Crippen molar-refractivity contribution in [1.82, 2.24) is 0 Å². The molecule has 1 aliphatic rings. The predicted molar refractivity (Wildman–Crippen MR) is 90.4 cm³/mol. The SMILES string of the molecule is CCS(=O)(=O)c1ccc(-c2ccc3c(c2)CCCO3)c(C(=O)O)c1. The lowest BCUT2D eigenvalue weighted by molar-refractivity contribution is 0.0697. The first kappa shape index (κ1) is 16.5. The molecule has 0 amide bonds. The summed E-state index contributed by atoms with van der Waals surface area (Å²) in [5, 5.41) is 9.51. The summed E-state index contributed by atoms with van der Waals surface area (Å²) in [6.45, 7) is 2.23. The van der Waals surface area contributed by atoms with E-state index in [1.807, 2.05) is 12.1 Å². The van der Waals surface area contributed by atoms with Crippen molar-refractivity contribution in [2.24, 2.45) is 0 Å². The maximum Gasteiger partial charge on any atom is 0.336 e. The monoisotopic (exact) mass is 346 g/mol. The number of carboxylic acid groups (broad SMARTS) is 1. The molecule has 1 aliphatic heterocycles. The molecule has 2 aromatic carbocycles. The maximum atomic E-state index is 12.0. The zero-order valence-electron chi connectivity index (χ0n) is 13.3. The minimum absolute atomic E-state index is 0.0128. The summed E-state index contributed by atoms with van der Waals surface area (Å²) in [7, 11) is -3.45. The van der Waals surface area contributed by atoms with Crippen LogP contribution in [-0.4, -0.2) is 31.9 Å². The molecule has 3 rings (SSSR count). The molecule has 0 unspecified atom stereocenters. The lowest BCUT2D eigenvalue weighted by Gasteiger charge is -2.18. The molecule has 24 heavy (non-hydrogen) atoms. The van der Waals surface area contributed by atoms with E-state index in [2.05, 4.69) is 0 Å². The van der Waals surface area contributed by atoms with E-state index in [0.29, 0.717) is 12.2 Å². The van der Waals surface area contributed by atoms with Crippen molar-refractivity contribution in [3.63, 3.8) is 0 Å². The van der Waals surface area contributed by atoms with Crippen LogP contribution in [-0.2, 0) is 16.3 Å². The van der Waals surface area contributed by atoms with Gasteiger partial charge in [0, 0.05) is 0 Å². The van der Waals surface area contributed by atoms with Gasteiger partial charge in [0.1, 0.15) is 5.75 Å². The second-order valence-electron chi connectivity index (χ2n) is 5.69. The van der Waals surface area contributed by atoms with E-state index in [0.717, 1.165) is 29.7 Å². The van der Waals surface area contributed by atoms with Crippen LogP contribution in [0.3, 0.4) is 0 Å². The van der Waals surface area contributed by atoms with Crippen molar-refractivity contribution in [3.8, 4) is 16.9 Å². The van der Waals surface area contributed by atoms with Crippen LogP contribution in [0.5, 0.6) is 5.75 Å². The number of carbonyl (C=O) groups is 1. The van der Waals surface area contributed by atoms with Gasteiger partial charge in [0.2, 0.25) is 0 Å². The number of aromatic carboxylic acids is 1. The van der Waals surface area contributed by atoms with Crippen LogP contribution in [0.1, 0.15) is 29.3 Å². The molecule has 0 aliphatic carbocycles. The highest BCUT2D eigenvalue weighted by Crippen LogP contribution is 2.32. The number of sulfone groups is 1. The van der Waals surface area contributed by atoms with Crippen molar-refractivity contribution in [1.29, 1.82) is 0 Å². The largest absolute Gasteiger partial charge is 0.493 e. The van der Waals surface area contributed by atoms with Crippen LogP contribution >= 0.6 is 0 Å². The standard InChI is InChI=1S/C18H18O5S/c1-2-24(21,22)14-6-7-15(16(11-14)18(19)20)12-5-8-17-13(10-12)4-3-9-23-17/h5-8,10-11H,2-4,9H2,1H3,(H,19,20). The van der Waals surface area contributed by atoms with Crippen molar-refractivity contribution in [2.75, 3.05) is 12.4 Å². The number of ether oxygens (including phenoxy) is 1. The molecule has 126 valence electrons. The molecule has 2 aromatic rings. The third-order valence-corrected chi connectivity index (χ3v) is 5.91. The fourth-order valence-corrected chi connectivity index (χ4v) is 3.75. The van der Waals surface area contributed by atoms with E-state index in [9.17, 15) is 18.3 Å². The van der Waals surface area contributed by atoms with Gasteiger partial charge in [0.25, 0.3) is 0 Å². The van der Waals surface area contributed by atoms with Gasteiger partial charge in [-0.05, 0) is 53.8 Å². The van der Waals surface area contributed by atoms with Crippen molar-refractivity contribution in [2.45, 2.75) is 24.7 Å². The van der Waals surface area contributed by atoms with Crippen LogP contribution in [0.15, 0.2) is 41.3 Å². The second kappa shape index (κ2) is 6.28. The lowest BCUT2D eigenvalue weighted by Crippen LogP contribution is -2.09.